The Morgan fingerprint density at radius 2 is 2.15 bits per heavy atom. The standard InChI is InChI=1S/C11H14N2/c1-4-9-6-13-7-10(5-12)11(9)8(2)3/h6-8H,4H2,1-3H3. The maximum absolute atomic E-state index is 8.90. The van der Waals surface area contributed by atoms with Crippen molar-refractivity contribution in [1.82, 2.24) is 4.98 Å². The lowest BCUT2D eigenvalue weighted by Crippen LogP contribution is -2.00. The average molecular weight is 174 g/mol. The third-order valence-electron chi connectivity index (χ3n) is 2.15. The van der Waals surface area contributed by atoms with Gasteiger partial charge < -0.3 is 0 Å². The van der Waals surface area contributed by atoms with Crippen LogP contribution in [0, 0.1) is 11.3 Å². The summed E-state index contributed by atoms with van der Waals surface area (Å²) in [6.45, 7) is 6.30. The summed E-state index contributed by atoms with van der Waals surface area (Å²) in [5.74, 6) is 0.396. The van der Waals surface area contributed by atoms with Crippen molar-refractivity contribution in [2.24, 2.45) is 0 Å². The number of hydrogen-bond donors (Lipinski definition) is 0. The maximum Gasteiger partial charge on any atom is 0.101 e. The summed E-state index contributed by atoms with van der Waals surface area (Å²) in [6.07, 6.45) is 4.45. The zero-order valence-corrected chi connectivity index (χ0v) is 8.33. The van der Waals surface area contributed by atoms with Gasteiger partial charge in [-0.1, -0.05) is 20.8 Å². The topological polar surface area (TPSA) is 36.7 Å². The number of hydrogen-bond acceptors (Lipinski definition) is 2. The second-order valence-corrected chi connectivity index (χ2v) is 3.38. The summed E-state index contributed by atoms with van der Waals surface area (Å²) >= 11 is 0. The molecule has 0 aliphatic carbocycles. The van der Waals surface area contributed by atoms with Gasteiger partial charge in [0.25, 0.3) is 0 Å². The van der Waals surface area contributed by atoms with Crippen molar-refractivity contribution in [3.63, 3.8) is 0 Å². The van der Waals surface area contributed by atoms with E-state index in [1.54, 1.807) is 6.20 Å². The average Bonchev–Trinajstić information content (AvgIpc) is 2.16. The van der Waals surface area contributed by atoms with Gasteiger partial charge in [-0.15, -0.1) is 0 Å². The summed E-state index contributed by atoms with van der Waals surface area (Å²) in [5.41, 5.74) is 3.06. The molecule has 0 atom stereocenters. The molecular formula is C11H14N2. The molecule has 1 aromatic heterocycles. The molecular weight excluding hydrogens is 160 g/mol. The molecule has 0 spiro atoms. The fourth-order valence-corrected chi connectivity index (χ4v) is 1.57. The minimum Gasteiger partial charge on any atom is -0.263 e. The zero-order valence-electron chi connectivity index (χ0n) is 8.33. The van der Waals surface area contributed by atoms with E-state index in [1.807, 2.05) is 6.20 Å². The Morgan fingerprint density at radius 3 is 2.62 bits per heavy atom. The highest BCUT2D eigenvalue weighted by Crippen LogP contribution is 2.22. The van der Waals surface area contributed by atoms with Crippen LogP contribution in [0.4, 0.5) is 0 Å². The molecule has 0 bridgehead atoms. The number of nitriles is 1. The Bertz CT molecular complexity index is 334. The first-order chi connectivity index (χ1) is 6.20. The molecule has 0 radical (unpaired) electrons. The minimum atomic E-state index is 0.396. The number of aromatic nitrogens is 1. The van der Waals surface area contributed by atoms with Crippen LogP contribution in [-0.4, -0.2) is 4.98 Å². The van der Waals surface area contributed by atoms with E-state index in [2.05, 4.69) is 31.8 Å². The van der Waals surface area contributed by atoms with E-state index in [-0.39, 0.29) is 0 Å². The minimum absolute atomic E-state index is 0.396. The third kappa shape index (κ3) is 1.86. The van der Waals surface area contributed by atoms with Crippen LogP contribution in [0.3, 0.4) is 0 Å². The van der Waals surface area contributed by atoms with E-state index in [0.29, 0.717) is 11.5 Å². The van der Waals surface area contributed by atoms with Gasteiger partial charge in [0.15, 0.2) is 0 Å². The van der Waals surface area contributed by atoms with Crippen LogP contribution in [-0.2, 0) is 6.42 Å². The molecule has 1 aromatic rings. The molecule has 13 heavy (non-hydrogen) atoms. The first kappa shape index (κ1) is 9.73. The van der Waals surface area contributed by atoms with Crippen LogP contribution in [0.1, 0.15) is 43.4 Å². The third-order valence-corrected chi connectivity index (χ3v) is 2.15. The van der Waals surface area contributed by atoms with Crippen LogP contribution in [0.25, 0.3) is 0 Å². The van der Waals surface area contributed by atoms with Gasteiger partial charge in [-0.05, 0) is 23.5 Å². The fraction of sp³-hybridized carbons (Fsp3) is 0.455. The molecule has 1 heterocycles. The van der Waals surface area contributed by atoms with Crippen molar-refractivity contribution in [1.29, 1.82) is 5.26 Å². The molecule has 0 saturated carbocycles. The van der Waals surface area contributed by atoms with Crippen molar-refractivity contribution >= 4 is 0 Å². The van der Waals surface area contributed by atoms with Gasteiger partial charge in [-0.3, -0.25) is 4.98 Å². The second kappa shape index (κ2) is 4.04. The van der Waals surface area contributed by atoms with Gasteiger partial charge in [0.2, 0.25) is 0 Å². The van der Waals surface area contributed by atoms with E-state index in [4.69, 9.17) is 5.26 Å². The smallest absolute Gasteiger partial charge is 0.101 e. The lowest BCUT2D eigenvalue weighted by molar-refractivity contribution is 0.833. The molecule has 0 aliphatic heterocycles. The Morgan fingerprint density at radius 1 is 1.46 bits per heavy atom. The molecule has 0 saturated heterocycles. The molecule has 2 nitrogen and oxygen atoms in total. The first-order valence-corrected chi connectivity index (χ1v) is 4.57. The Labute approximate surface area is 79.2 Å². The number of pyridine rings is 1. The number of nitrogens with zero attached hydrogens (tertiary/aromatic N) is 2. The molecule has 0 fully saturated rings. The molecule has 0 aliphatic rings. The van der Waals surface area contributed by atoms with E-state index in [0.717, 1.165) is 12.0 Å². The molecule has 0 amide bonds. The van der Waals surface area contributed by atoms with Gasteiger partial charge in [0, 0.05) is 12.4 Å². The molecule has 0 N–H and O–H groups in total. The van der Waals surface area contributed by atoms with E-state index >= 15 is 0 Å². The normalized spacial score (nSPS) is 10.1. The quantitative estimate of drug-likeness (QED) is 0.691. The number of aryl methyl sites for hydroxylation is 1. The van der Waals surface area contributed by atoms with Crippen LogP contribution >= 0.6 is 0 Å². The predicted octanol–water partition coefficient (Wildman–Crippen LogP) is 2.64. The fourth-order valence-electron chi connectivity index (χ4n) is 1.57. The van der Waals surface area contributed by atoms with Gasteiger partial charge in [-0.2, -0.15) is 5.26 Å². The SMILES string of the molecule is CCc1cncc(C#N)c1C(C)C. The van der Waals surface area contributed by atoms with Crippen LogP contribution in [0.15, 0.2) is 12.4 Å². The lowest BCUT2D eigenvalue weighted by Gasteiger charge is -2.11. The summed E-state index contributed by atoms with van der Waals surface area (Å²) < 4.78 is 0. The van der Waals surface area contributed by atoms with Crippen molar-refractivity contribution in [2.75, 3.05) is 0 Å². The van der Waals surface area contributed by atoms with E-state index in [1.165, 1.54) is 5.56 Å². The monoisotopic (exact) mass is 174 g/mol. The van der Waals surface area contributed by atoms with Crippen LogP contribution < -0.4 is 0 Å². The molecule has 68 valence electrons. The second-order valence-electron chi connectivity index (χ2n) is 3.38. The first-order valence-electron chi connectivity index (χ1n) is 4.57. The van der Waals surface area contributed by atoms with Crippen LogP contribution in [0.5, 0.6) is 0 Å². The number of rotatable bonds is 2. The molecule has 1 rings (SSSR count). The predicted molar refractivity (Wildman–Crippen MR) is 52.4 cm³/mol. The zero-order chi connectivity index (χ0) is 9.84. The summed E-state index contributed by atoms with van der Waals surface area (Å²) in [6, 6.07) is 2.19. The lowest BCUT2D eigenvalue weighted by atomic mass is 9.93. The van der Waals surface area contributed by atoms with Crippen molar-refractivity contribution in [3.05, 3.63) is 29.1 Å². The summed E-state index contributed by atoms with van der Waals surface area (Å²) in [5, 5.41) is 8.90. The molecule has 0 unspecified atom stereocenters. The van der Waals surface area contributed by atoms with Crippen molar-refractivity contribution in [2.45, 2.75) is 33.1 Å². The highest BCUT2D eigenvalue weighted by Gasteiger charge is 2.10. The van der Waals surface area contributed by atoms with Crippen molar-refractivity contribution < 1.29 is 0 Å². The Kier molecular flexibility index (Phi) is 3.02. The van der Waals surface area contributed by atoms with E-state index in [9.17, 15) is 0 Å². The highest BCUT2D eigenvalue weighted by molar-refractivity contribution is 5.42. The largest absolute Gasteiger partial charge is 0.263 e. The Hall–Kier alpha value is -1.36. The van der Waals surface area contributed by atoms with Gasteiger partial charge in [0.1, 0.15) is 6.07 Å². The maximum atomic E-state index is 8.90. The van der Waals surface area contributed by atoms with Crippen molar-refractivity contribution in [3.8, 4) is 6.07 Å². The van der Waals surface area contributed by atoms with Gasteiger partial charge in [0.05, 0.1) is 5.56 Å². The molecule has 0 aromatic carbocycles. The van der Waals surface area contributed by atoms with Gasteiger partial charge >= 0.3 is 0 Å². The summed E-state index contributed by atoms with van der Waals surface area (Å²) in [7, 11) is 0. The van der Waals surface area contributed by atoms with Gasteiger partial charge in [-0.25, -0.2) is 0 Å². The summed E-state index contributed by atoms with van der Waals surface area (Å²) in [4.78, 5) is 4.05. The Balaban J connectivity index is 3.32. The molecule has 2 heteroatoms. The van der Waals surface area contributed by atoms with Crippen LogP contribution in [0.2, 0.25) is 0 Å². The highest BCUT2D eigenvalue weighted by atomic mass is 14.6. The van der Waals surface area contributed by atoms with E-state index < -0.39 is 0 Å².